The van der Waals surface area contributed by atoms with Crippen molar-refractivity contribution in [3.63, 3.8) is 0 Å². The number of rotatable bonds is 7. The molecule has 7 heteroatoms. The third-order valence-corrected chi connectivity index (χ3v) is 7.92. The zero-order valence-corrected chi connectivity index (χ0v) is 21.5. The van der Waals surface area contributed by atoms with Crippen LogP contribution in [0.3, 0.4) is 0 Å². The van der Waals surface area contributed by atoms with Gasteiger partial charge in [0.2, 0.25) is 11.8 Å². The molecular formula is C28H39N3O4. The van der Waals surface area contributed by atoms with E-state index in [1.165, 1.54) is 11.1 Å². The van der Waals surface area contributed by atoms with Gasteiger partial charge in [-0.1, -0.05) is 25.1 Å². The van der Waals surface area contributed by atoms with Gasteiger partial charge in [0.25, 0.3) is 0 Å². The molecule has 0 saturated carbocycles. The average molecular weight is 482 g/mol. The largest absolute Gasteiger partial charge is 0.504 e. The van der Waals surface area contributed by atoms with Crippen LogP contribution in [0.2, 0.25) is 0 Å². The minimum absolute atomic E-state index is 0.0456. The van der Waals surface area contributed by atoms with Gasteiger partial charge in [-0.05, 0) is 62.0 Å². The standard InChI is InChI=1S/C28H39N3O4/c1-5-26(33)29-13-15-30(16-14-29)27(34)22-8-6-7-21-18-31(19-23(21)22)28(2,3)12-11-20-9-10-24(32)25(17-20)35-4/h6-7,9-10,17,22,32H,5,8,11-16,18-19H2,1-4H3. The van der Waals surface area contributed by atoms with E-state index in [-0.39, 0.29) is 29.0 Å². The smallest absolute Gasteiger partial charge is 0.230 e. The fourth-order valence-corrected chi connectivity index (χ4v) is 5.44. The number of nitrogens with zero attached hydrogens (tertiary/aromatic N) is 3. The highest BCUT2D eigenvalue weighted by atomic mass is 16.5. The number of hydrogen-bond donors (Lipinski definition) is 1. The average Bonchev–Trinajstić information content (AvgIpc) is 3.33. The highest BCUT2D eigenvalue weighted by Gasteiger charge is 2.39. The van der Waals surface area contributed by atoms with Crippen molar-refractivity contribution in [2.24, 2.45) is 5.92 Å². The maximum absolute atomic E-state index is 13.5. The molecular weight excluding hydrogens is 442 g/mol. The van der Waals surface area contributed by atoms with Crippen molar-refractivity contribution in [3.8, 4) is 11.5 Å². The molecule has 1 saturated heterocycles. The number of aromatic hydroxyl groups is 1. The van der Waals surface area contributed by atoms with Crippen LogP contribution in [0.15, 0.2) is 41.5 Å². The molecule has 1 unspecified atom stereocenters. The first-order chi connectivity index (χ1) is 16.7. The lowest BCUT2D eigenvalue weighted by Crippen LogP contribution is -2.52. The molecule has 1 aliphatic carbocycles. The van der Waals surface area contributed by atoms with Crippen molar-refractivity contribution in [1.29, 1.82) is 0 Å². The summed E-state index contributed by atoms with van der Waals surface area (Å²) in [5, 5.41) is 9.87. The van der Waals surface area contributed by atoms with Crippen molar-refractivity contribution >= 4 is 11.8 Å². The van der Waals surface area contributed by atoms with Crippen LogP contribution in [0.5, 0.6) is 11.5 Å². The number of carbonyl (C=O) groups excluding carboxylic acids is 2. The monoisotopic (exact) mass is 481 g/mol. The number of aryl methyl sites for hydroxylation is 1. The summed E-state index contributed by atoms with van der Waals surface area (Å²) in [5.74, 6) is 0.951. The van der Waals surface area contributed by atoms with Gasteiger partial charge >= 0.3 is 0 Å². The highest BCUT2D eigenvalue weighted by Crippen LogP contribution is 2.37. The normalized spacial score (nSPS) is 20.9. The molecule has 4 rings (SSSR count). The fourth-order valence-electron chi connectivity index (χ4n) is 5.44. The van der Waals surface area contributed by atoms with Crippen LogP contribution in [0.25, 0.3) is 0 Å². The molecule has 2 heterocycles. The third-order valence-electron chi connectivity index (χ3n) is 7.92. The van der Waals surface area contributed by atoms with E-state index in [2.05, 4.69) is 30.9 Å². The highest BCUT2D eigenvalue weighted by molar-refractivity contribution is 5.83. The maximum atomic E-state index is 13.5. The molecule has 1 fully saturated rings. The van der Waals surface area contributed by atoms with E-state index in [9.17, 15) is 14.7 Å². The Labute approximate surface area is 209 Å². The van der Waals surface area contributed by atoms with Gasteiger partial charge in [0.1, 0.15) is 0 Å². The molecule has 0 radical (unpaired) electrons. The van der Waals surface area contributed by atoms with Crippen molar-refractivity contribution < 1.29 is 19.4 Å². The van der Waals surface area contributed by atoms with E-state index in [0.717, 1.165) is 37.9 Å². The van der Waals surface area contributed by atoms with Crippen LogP contribution in [-0.4, -0.2) is 83.5 Å². The minimum atomic E-state index is -0.0920. The quantitative estimate of drug-likeness (QED) is 0.646. The van der Waals surface area contributed by atoms with Crippen LogP contribution in [-0.2, 0) is 16.0 Å². The van der Waals surface area contributed by atoms with E-state index in [0.29, 0.717) is 38.3 Å². The lowest BCUT2D eigenvalue weighted by atomic mass is 9.87. The van der Waals surface area contributed by atoms with Gasteiger partial charge in [-0.3, -0.25) is 14.5 Å². The molecule has 3 aliphatic rings. The SMILES string of the molecule is CCC(=O)N1CCN(C(=O)C2CC=CC3=C2CN(C(C)(C)CCc2ccc(O)c(OC)c2)C3)CC1. The lowest BCUT2D eigenvalue weighted by Gasteiger charge is -2.38. The summed E-state index contributed by atoms with van der Waals surface area (Å²) in [6.45, 7) is 10.6. The number of ether oxygens (including phenoxy) is 1. The molecule has 190 valence electrons. The van der Waals surface area contributed by atoms with Gasteiger partial charge < -0.3 is 19.6 Å². The van der Waals surface area contributed by atoms with E-state index in [1.54, 1.807) is 13.2 Å². The minimum Gasteiger partial charge on any atom is -0.504 e. The van der Waals surface area contributed by atoms with Crippen LogP contribution in [0.4, 0.5) is 0 Å². The first-order valence-electron chi connectivity index (χ1n) is 12.8. The maximum Gasteiger partial charge on any atom is 0.230 e. The van der Waals surface area contributed by atoms with E-state index in [1.807, 2.05) is 28.9 Å². The molecule has 1 aromatic carbocycles. The Morgan fingerprint density at radius 3 is 2.51 bits per heavy atom. The molecule has 1 N–H and O–H groups in total. The van der Waals surface area contributed by atoms with Crippen molar-refractivity contribution in [2.75, 3.05) is 46.4 Å². The summed E-state index contributed by atoms with van der Waals surface area (Å²) < 4.78 is 5.26. The number of methoxy groups -OCH3 is 1. The molecule has 0 aromatic heterocycles. The summed E-state index contributed by atoms with van der Waals surface area (Å²) in [4.78, 5) is 31.8. The first-order valence-corrected chi connectivity index (χ1v) is 12.8. The van der Waals surface area contributed by atoms with Crippen LogP contribution >= 0.6 is 0 Å². The second-order valence-corrected chi connectivity index (χ2v) is 10.5. The second-order valence-electron chi connectivity index (χ2n) is 10.5. The molecule has 35 heavy (non-hydrogen) atoms. The number of allylic oxidation sites excluding steroid dienone is 1. The number of benzene rings is 1. The van der Waals surface area contributed by atoms with Crippen LogP contribution < -0.4 is 4.74 Å². The van der Waals surface area contributed by atoms with Crippen LogP contribution in [0, 0.1) is 5.92 Å². The van der Waals surface area contributed by atoms with Gasteiger partial charge in [-0.25, -0.2) is 0 Å². The first kappa shape index (κ1) is 25.3. The van der Waals surface area contributed by atoms with Crippen molar-refractivity contribution in [2.45, 2.75) is 52.0 Å². The van der Waals surface area contributed by atoms with Crippen LogP contribution in [0.1, 0.15) is 45.6 Å². The number of phenols is 1. The Kier molecular flexibility index (Phi) is 7.55. The zero-order valence-electron chi connectivity index (χ0n) is 21.5. The predicted octanol–water partition coefficient (Wildman–Crippen LogP) is 3.38. The van der Waals surface area contributed by atoms with E-state index < -0.39 is 0 Å². The molecule has 0 spiro atoms. The zero-order chi connectivity index (χ0) is 25.2. The Morgan fingerprint density at radius 2 is 1.83 bits per heavy atom. The fraction of sp³-hybridized carbons (Fsp3) is 0.571. The molecule has 1 aromatic rings. The van der Waals surface area contributed by atoms with Gasteiger partial charge in [0.05, 0.1) is 13.0 Å². The van der Waals surface area contributed by atoms with E-state index in [4.69, 9.17) is 4.74 Å². The van der Waals surface area contributed by atoms with Crippen molar-refractivity contribution in [1.82, 2.24) is 14.7 Å². The summed E-state index contributed by atoms with van der Waals surface area (Å²) in [5.41, 5.74) is 3.65. The summed E-state index contributed by atoms with van der Waals surface area (Å²) in [6.07, 6.45) is 7.47. The van der Waals surface area contributed by atoms with Gasteiger partial charge in [0.15, 0.2) is 11.5 Å². The number of hydrogen-bond acceptors (Lipinski definition) is 5. The summed E-state index contributed by atoms with van der Waals surface area (Å²) in [7, 11) is 1.57. The Hall–Kier alpha value is -2.80. The number of carbonyl (C=O) groups is 2. The second kappa shape index (κ2) is 10.4. The van der Waals surface area contributed by atoms with Gasteiger partial charge in [0, 0.05) is 51.2 Å². The third kappa shape index (κ3) is 5.40. The van der Waals surface area contributed by atoms with Gasteiger partial charge in [-0.2, -0.15) is 0 Å². The Morgan fingerprint density at radius 1 is 1.11 bits per heavy atom. The number of piperazine rings is 1. The summed E-state index contributed by atoms with van der Waals surface area (Å²) in [6, 6.07) is 5.55. The number of phenolic OH excluding ortho intramolecular Hbond substituents is 1. The van der Waals surface area contributed by atoms with Gasteiger partial charge in [-0.15, -0.1) is 0 Å². The molecule has 2 aliphatic heterocycles. The molecule has 0 bridgehead atoms. The lowest BCUT2D eigenvalue weighted by molar-refractivity contribution is -0.141. The topological polar surface area (TPSA) is 73.3 Å². The van der Waals surface area contributed by atoms with Crippen molar-refractivity contribution in [3.05, 3.63) is 47.1 Å². The molecule has 1 atom stereocenters. The molecule has 2 amide bonds. The predicted molar refractivity (Wildman–Crippen MR) is 136 cm³/mol. The Bertz CT molecular complexity index is 1020. The Balaban J connectivity index is 1.37. The molecule has 7 nitrogen and oxygen atoms in total. The number of amides is 2. The summed E-state index contributed by atoms with van der Waals surface area (Å²) >= 11 is 0. The van der Waals surface area contributed by atoms with E-state index >= 15 is 0 Å².